The van der Waals surface area contributed by atoms with Crippen molar-refractivity contribution in [1.29, 1.82) is 0 Å². The molecular formula is C16H23NO3S2. The van der Waals surface area contributed by atoms with Crippen LogP contribution >= 0.6 is 12.2 Å². The van der Waals surface area contributed by atoms with Gasteiger partial charge in [0.2, 0.25) is 0 Å². The van der Waals surface area contributed by atoms with Crippen LogP contribution in [0.15, 0.2) is 4.90 Å². The number of nitrogens with one attached hydrogen (secondary N) is 1. The lowest BCUT2D eigenvalue weighted by atomic mass is 9.88. The van der Waals surface area contributed by atoms with Crippen LogP contribution in [-0.2, 0) is 16.4 Å². The van der Waals surface area contributed by atoms with Gasteiger partial charge in [0, 0.05) is 0 Å². The minimum Gasteiger partial charge on any atom is -0.487 e. The van der Waals surface area contributed by atoms with Gasteiger partial charge in [0.25, 0.3) is 10.0 Å². The molecule has 0 saturated heterocycles. The molecule has 0 amide bonds. The molecule has 0 unspecified atom stereocenters. The summed E-state index contributed by atoms with van der Waals surface area (Å²) < 4.78 is 33.8. The number of fused-ring (bicyclic) bond motifs is 1. The Morgan fingerprint density at radius 3 is 2.32 bits per heavy atom. The average molecular weight is 341 g/mol. The highest BCUT2D eigenvalue weighted by Gasteiger charge is 2.33. The van der Waals surface area contributed by atoms with Gasteiger partial charge >= 0.3 is 0 Å². The van der Waals surface area contributed by atoms with Crippen molar-refractivity contribution in [1.82, 2.24) is 4.72 Å². The molecular weight excluding hydrogens is 318 g/mol. The molecule has 1 heterocycles. The molecule has 0 atom stereocenters. The standard InChI is InChI=1S/C16H23NO3S2/c1-9-10(2)15(22(18,19)17-12(4)21)11(3)13-7-8-16(5,6)20-14(9)13/h7-8H2,1-6H3,(H,17,21). The van der Waals surface area contributed by atoms with E-state index < -0.39 is 10.0 Å². The summed E-state index contributed by atoms with van der Waals surface area (Å²) in [5, 5.41) is 0. The summed E-state index contributed by atoms with van der Waals surface area (Å²) in [4.78, 5) is 0.572. The number of hydrogen-bond donors (Lipinski definition) is 1. The van der Waals surface area contributed by atoms with Crippen molar-refractivity contribution in [3.8, 4) is 5.75 Å². The summed E-state index contributed by atoms with van der Waals surface area (Å²) in [6.07, 6.45) is 1.68. The molecule has 2 rings (SSSR count). The van der Waals surface area contributed by atoms with E-state index in [2.05, 4.69) is 18.6 Å². The molecule has 0 radical (unpaired) electrons. The van der Waals surface area contributed by atoms with Crippen LogP contribution in [0.1, 0.15) is 49.4 Å². The number of ether oxygens (including phenoxy) is 1. The summed E-state index contributed by atoms with van der Waals surface area (Å²) >= 11 is 4.90. The molecule has 22 heavy (non-hydrogen) atoms. The molecule has 0 spiro atoms. The van der Waals surface area contributed by atoms with Crippen molar-refractivity contribution in [2.24, 2.45) is 0 Å². The molecule has 0 bridgehead atoms. The van der Waals surface area contributed by atoms with Crippen LogP contribution in [0.3, 0.4) is 0 Å². The van der Waals surface area contributed by atoms with Crippen molar-refractivity contribution in [2.45, 2.75) is 64.9 Å². The minimum atomic E-state index is -3.65. The summed E-state index contributed by atoms with van der Waals surface area (Å²) in [5.74, 6) is 0.837. The van der Waals surface area contributed by atoms with E-state index >= 15 is 0 Å². The van der Waals surface area contributed by atoms with Gasteiger partial charge in [-0.05, 0) is 76.6 Å². The highest BCUT2D eigenvalue weighted by molar-refractivity contribution is 7.92. The smallest absolute Gasteiger partial charge is 0.262 e. The second-order valence-corrected chi connectivity index (χ2v) is 8.77. The van der Waals surface area contributed by atoms with Crippen LogP contribution in [-0.4, -0.2) is 19.0 Å². The predicted octanol–water partition coefficient (Wildman–Crippen LogP) is 3.34. The molecule has 6 heteroatoms. The van der Waals surface area contributed by atoms with Crippen molar-refractivity contribution < 1.29 is 13.2 Å². The molecule has 0 aromatic heterocycles. The molecule has 122 valence electrons. The molecule has 4 nitrogen and oxygen atoms in total. The fourth-order valence-electron chi connectivity index (χ4n) is 2.99. The molecule has 1 N–H and O–H groups in total. The lowest BCUT2D eigenvalue weighted by Crippen LogP contribution is -2.34. The van der Waals surface area contributed by atoms with Crippen molar-refractivity contribution >= 4 is 27.2 Å². The molecule has 1 aromatic carbocycles. The fourth-order valence-corrected chi connectivity index (χ4v) is 4.88. The zero-order valence-corrected chi connectivity index (χ0v) is 15.6. The minimum absolute atomic E-state index is 0.222. The maximum absolute atomic E-state index is 12.6. The van der Waals surface area contributed by atoms with Gasteiger partial charge in [0.1, 0.15) is 11.4 Å². The van der Waals surface area contributed by atoms with E-state index in [0.717, 1.165) is 40.8 Å². The molecule has 0 saturated carbocycles. The average Bonchev–Trinajstić information content (AvgIpc) is 2.33. The summed E-state index contributed by atoms with van der Waals surface area (Å²) in [7, 11) is -3.65. The lowest BCUT2D eigenvalue weighted by Gasteiger charge is -2.35. The highest BCUT2D eigenvalue weighted by atomic mass is 32.2. The van der Waals surface area contributed by atoms with E-state index in [0.29, 0.717) is 4.90 Å². The molecule has 1 aliphatic heterocycles. The van der Waals surface area contributed by atoms with Crippen LogP contribution in [0.2, 0.25) is 0 Å². The van der Waals surface area contributed by atoms with Crippen LogP contribution in [0.25, 0.3) is 0 Å². The highest BCUT2D eigenvalue weighted by Crippen LogP contribution is 2.42. The van der Waals surface area contributed by atoms with Gasteiger partial charge in [-0.25, -0.2) is 8.42 Å². The second kappa shape index (κ2) is 5.49. The first-order valence-corrected chi connectivity index (χ1v) is 9.20. The van der Waals surface area contributed by atoms with Crippen molar-refractivity contribution in [3.05, 3.63) is 22.3 Å². The Bertz CT molecular complexity index is 749. The first kappa shape index (κ1) is 17.2. The third-order valence-corrected chi connectivity index (χ3v) is 6.17. The van der Waals surface area contributed by atoms with E-state index in [4.69, 9.17) is 17.0 Å². The zero-order chi connectivity index (χ0) is 16.9. The quantitative estimate of drug-likeness (QED) is 0.838. The second-order valence-electron chi connectivity index (χ2n) is 6.54. The third kappa shape index (κ3) is 2.99. The Labute approximate surface area is 138 Å². The number of benzene rings is 1. The van der Waals surface area contributed by atoms with E-state index in [-0.39, 0.29) is 10.6 Å². The normalized spacial score (nSPS) is 16.6. The summed E-state index contributed by atoms with van der Waals surface area (Å²) in [6, 6.07) is 0. The predicted molar refractivity (Wildman–Crippen MR) is 92.3 cm³/mol. The van der Waals surface area contributed by atoms with E-state index in [9.17, 15) is 8.42 Å². The maximum Gasteiger partial charge on any atom is 0.262 e. The van der Waals surface area contributed by atoms with Gasteiger partial charge in [0.15, 0.2) is 0 Å². The van der Waals surface area contributed by atoms with E-state index in [1.165, 1.54) is 0 Å². The Hall–Kier alpha value is -1.14. The lowest BCUT2D eigenvalue weighted by molar-refractivity contribution is 0.0832. The largest absolute Gasteiger partial charge is 0.487 e. The van der Waals surface area contributed by atoms with Crippen LogP contribution in [0.4, 0.5) is 0 Å². The monoisotopic (exact) mass is 341 g/mol. The molecule has 1 aromatic rings. The van der Waals surface area contributed by atoms with Gasteiger partial charge in [-0.15, -0.1) is 0 Å². The number of thiocarbonyl (C=S) groups is 1. The van der Waals surface area contributed by atoms with Gasteiger partial charge in [-0.1, -0.05) is 12.2 Å². The first-order chi connectivity index (χ1) is 9.96. The van der Waals surface area contributed by atoms with Crippen molar-refractivity contribution in [3.63, 3.8) is 0 Å². The van der Waals surface area contributed by atoms with Crippen molar-refractivity contribution in [2.75, 3.05) is 0 Å². The van der Waals surface area contributed by atoms with Gasteiger partial charge in [-0.3, -0.25) is 4.72 Å². The Kier molecular flexibility index (Phi) is 4.30. The molecule has 0 aliphatic carbocycles. The van der Waals surface area contributed by atoms with E-state index in [1.807, 2.05) is 20.8 Å². The Morgan fingerprint density at radius 2 is 1.77 bits per heavy atom. The maximum atomic E-state index is 12.6. The van der Waals surface area contributed by atoms with Crippen LogP contribution < -0.4 is 9.46 Å². The molecule has 0 fully saturated rings. The number of sulfonamides is 1. The number of rotatable bonds is 2. The van der Waals surface area contributed by atoms with Gasteiger partial charge in [-0.2, -0.15) is 0 Å². The molecule has 1 aliphatic rings. The first-order valence-electron chi connectivity index (χ1n) is 7.31. The van der Waals surface area contributed by atoms with Crippen LogP contribution in [0.5, 0.6) is 5.75 Å². The third-order valence-electron chi connectivity index (χ3n) is 4.21. The summed E-state index contributed by atoms with van der Waals surface area (Å²) in [5.41, 5.74) is 3.14. The summed E-state index contributed by atoms with van der Waals surface area (Å²) in [6.45, 7) is 11.3. The van der Waals surface area contributed by atoms with Gasteiger partial charge in [0.05, 0.1) is 9.88 Å². The van der Waals surface area contributed by atoms with E-state index in [1.54, 1.807) is 6.92 Å². The number of hydrogen-bond acceptors (Lipinski definition) is 4. The topological polar surface area (TPSA) is 55.4 Å². The Balaban J connectivity index is 2.71. The van der Waals surface area contributed by atoms with Crippen LogP contribution in [0, 0.1) is 20.8 Å². The Morgan fingerprint density at radius 1 is 1.18 bits per heavy atom. The van der Waals surface area contributed by atoms with Gasteiger partial charge < -0.3 is 4.74 Å². The fraction of sp³-hybridized carbons (Fsp3) is 0.562. The zero-order valence-electron chi connectivity index (χ0n) is 14.0. The SMILES string of the molecule is CC(=S)NS(=O)(=O)c1c(C)c(C)c2c(c1C)CCC(C)(C)O2.